The number of quaternary nitrogens is 1. The van der Waals surface area contributed by atoms with E-state index < -0.39 is 0 Å². The molecule has 2 N–H and O–H groups in total. The SMILES string of the molecule is CCC(CC)N1CCN2C(=O)N(c3ccc(Cl)cc3C)C3[NH2+]C(C)=CC1C32C. The van der Waals surface area contributed by atoms with E-state index in [9.17, 15) is 4.79 Å². The molecule has 0 saturated carbocycles. The van der Waals surface area contributed by atoms with Crippen LogP contribution in [-0.2, 0) is 0 Å². The minimum atomic E-state index is -0.260. The second-order valence-corrected chi connectivity index (χ2v) is 9.07. The third-order valence-electron chi connectivity index (χ3n) is 7.10. The van der Waals surface area contributed by atoms with Gasteiger partial charge in [0.2, 0.25) is 0 Å². The van der Waals surface area contributed by atoms with Gasteiger partial charge in [0, 0.05) is 31.1 Å². The van der Waals surface area contributed by atoms with Gasteiger partial charge in [0.1, 0.15) is 11.2 Å². The number of nitrogens with zero attached hydrogens (tertiary/aromatic N) is 3. The molecule has 1 aromatic carbocycles. The van der Waals surface area contributed by atoms with Gasteiger partial charge in [-0.3, -0.25) is 10.2 Å². The largest absolute Gasteiger partial charge is 0.330 e. The van der Waals surface area contributed by atoms with E-state index in [0.29, 0.717) is 11.1 Å². The molecule has 0 radical (unpaired) electrons. The molecule has 0 aliphatic carbocycles. The number of carbonyl (C=O) groups excluding carboxylic acids is 1. The Morgan fingerprint density at radius 1 is 1.25 bits per heavy atom. The maximum absolute atomic E-state index is 13.6. The highest BCUT2D eigenvalue weighted by molar-refractivity contribution is 6.30. The number of aryl methyl sites for hydroxylation is 1. The third-order valence-corrected chi connectivity index (χ3v) is 7.34. The van der Waals surface area contributed by atoms with Crippen LogP contribution in [0.2, 0.25) is 5.02 Å². The second kappa shape index (κ2) is 7.05. The van der Waals surface area contributed by atoms with E-state index in [1.54, 1.807) is 0 Å². The fourth-order valence-electron chi connectivity index (χ4n) is 5.61. The molecule has 4 rings (SSSR count). The summed E-state index contributed by atoms with van der Waals surface area (Å²) in [5, 5.41) is 2.98. The second-order valence-electron chi connectivity index (χ2n) is 8.64. The molecule has 3 unspecified atom stereocenters. The van der Waals surface area contributed by atoms with Crippen LogP contribution in [-0.4, -0.2) is 52.7 Å². The Labute approximate surface area is 173 Å². The molecule has 3 aliphatic heterocycles. The summed E-state index contributed by atoms with van der Waals surface area (Å²) >= 11 is 6.19. The molecule has 2 fully saturated rings. The van der Waals surface area contributed by atoms with Gasteiger partial charge in [0.05, 0.1) is 11.7 Å². The summed E-state index contributed by atoms with van der Waals surface area (Å²) < 4.78 is 0. The van der Waals surface area contributed by atoms with Crippen molar-refractivity contribution >= 4 is 23.3 Å². The van der Waals surface area contributed by atoms with Gasteiger partial charge in [-0.1, -0.05) is 25.4 Å². The normalized spacial score (nSPS) is 30.1. The topological polar surface area (TPSA) is 43.4 Å². The standard InChI is InChI=1S/C22H31ClN4O/c1-6-17(7-2)25-10-11-26-21(28)27(18-9-8-16(23)12-14(18)3)20-22(26,5)19(25)13-15(4)24-20/h8-9,12-13,17,19-20,24H,6-7,10-11H2,1-5H3/p+1. The molecular formula is C22H32ClN4O+. The monoisotopic (exact) mass is 403 g/mol. The number of allylic oxidation sites excluding steroid dienone is 1. The van der Waals surface area contributed by atoms with E-state index in [-0.39, 0.29) is 23.8 Å². The quantitative estimate of drug-likeness (QED) is 0.837. The Morgan fingerprint density at radius 3 is 2.61 bits per heavy atom. The van der Waals surface area contributed by atoms with Crippen molar-refractivity contribution in [2.24, 2.45) is 0 Å². The van der Waals surface area contributed by atoms with Crippen LogP contribution in [0.15, 0.2) is 30.0 Å². The van der Waals surface area contributed by atoms with E-state index in [0.717, 1.165) is 37.2 Å². The van der Waals surface area contributed by atoms with Gasteiger partial charge in [0.15, 0.2) is 6.17 Å². The van der Waals surface area contributed by atoms with Crippen molar-refractivity contribution < 1.29 is 10.1 Å². The van der Waals surface area contributed by atoms with Crippen molar-refractivity contribution in [3.05, 3.63) is 40.6 Å². The van der Waals surface area contributed by atoms with E-state index in [4.69, 9.17) is 11.6 Å². The fourth-order valence-corrected chi connectivity index (χ4v) is 5.83. The number of carbonyl (C=O) groups is 1. The Hall–Kier alpha value is -1.56. The molecule has 152 valence electrons. The Kier molecular flexibility index (Phi) is 4.97. The van der Waals surface area contributed by atoms with Gasteiger partial charge >= 0.3 is 6.03 Å². The maximum Gasteiger partial charge on any atom is 0.330 e. The lowest BCUT2D eigenvalue weighted by atomic mass is 9.80. The number of piperazine rings is 1. The first-order valence-corrected chi connectivity index (χ1v) is 10.9. The molecule has 28 heavy (non-hydrogen) atoms. The van der Waals surface area contributed by atoms with E-state index in [2.05, 4.69) is 48.9 Å². The van der Waals surface area contributed by atoms with Crippen LogP contribution in [0.4, 0.5) is 10.5 Å². The van der Waals surface area contributed by atoms with Crippen molar-refractivity contribution in [1.82, 2.24) is 9.80 Å². The highest BCUT2D eigenvalue weighted by atomic mass is 35.5. The van der Waals surface area contributed by atoms with Gasteiger partial charge in [-0.15, -0.1) is 0 Å². The molecule has 2 saturated heterocycles. The summed E-state index contributed by atoms with van der Waals surface area (Å²) in [5.74, 6) is 0. The molecule has 0 spiro atoms. The lowest BCUT2D eigenvalue weighted by Crippen LogP contribution is -2.99. The molecular weight excluding hydrogens is 372 g/mol. The molecule has 3 atom stereocenters. The summed E-state index contributed by atoms with van der Waals surface area (Å²) in [5.41, 5.74) is 3.01. The third kappa shape index (κ3) is 2.71. The van der Waals surface area contributed by atoms with Gasteiger partial charge in [-0.25, -0.2) is 9.69 Å². The lowest BCUT2D eigenvalue weighted by Gasteiger charge is -2.54. The number of rotatable bonds is 4. The highest BCUT2D eigenvalue weighted by Crippen LogP contribution is 2.43. The molecule has 5 nitrogen and oxygen atoms in total. The molecule has 0 aromatic heterocycles. The van der Waals surface area contributed by atoms with Crippen LogP contribution in [0, 0.1) is 6.92 Å². The van der Waals surface area contributed by atoms with Crippen LogP contribution in [0.1, 0.15) is 46.1 Å². The van der Waals surface area contributed by atoms with Crippen molar-refractivity contribution in [1.29, 1.82) is 0 Å². The van der Waals surface area contributed by atoms with Crippen molar-refractivity contribution in [3.63, 3.8) is 0 Å². The number of benzene rings is 1. The number of urea groups is 1. The molecule has 2 amide bonds. The molecule has 1 aromatic rings. The van der Waals surface area contributed by atoms with Gasteiger partial charge in [-0.2, -0.15) is 0 Å². The number of amides is 2. The van der Waals surface area contributed by atoms with E-state index >= 15 is 0 Å². The Balaban J connectivity index is 1.81. The number of hydrogen-bond acceptors (Lipinski definition) is 2. The zero-order valence-corrected chi connectivity index (χ0v) is 18.3. The van der Waals surface area contributed by atoms with Crippen LogP contribution < -0.4 is 10.2 Å². The summed E-state index contributed by atoms with van der Waals surface area (Å²) in [6, 6.07) is 6.73. The first-order chi connectivity index (χ1) is 13.3. The van der Waals surface area contributed by atoms with Crippen molar-refractivity contribution in [2.75, 3.05) is 18.0 Å². The maximum atomic E-state index is 13.6. The minimum absolute atomic E-state index is 0.0204. The first-order valence-electron chi connectivity index (χ1n) is 10.5. The molecule has 3 heterocycles. The number of halogens is 1. The van der Waals surface area contributed by atoms with Crippen LogP contribution in [0.25, 0.3) is 0 Å². The zero-order valence-electron chi connectivity index (χ0n) is 17.6. The summed E-state index contributed by atoms with van der Waals surface area (Å²) in [6.45, 7) is 12.7. The average Bonchev–Trinajstić information content (AvgIpc) is 2.86. The molecule has 0 bridgehead atoms. The fraction of sp³-hybridized carbons (Fsp3) is 0.591. The average molecular weight is 404 g/mol. The van der Waals surface area contributed by atoms with E-state index in [1.165, 1.54) is 5.70 Å². The van der Waals surface area contributed by atoms with Crippen LogP contribution in [0.3, 0.4) is 0 Å². The van der Waals surface area contributed by atoms with Crippen molar-refractivity contribution in [3.8, 4) is 0 Å². The molecule has 6 heteroatoms. The van der Waals surface area contributed by atoms with Crippen LogP contribution >= 0.6 is 11.6 Å². The first kappa shape index (κ1) is 19.7. The predicted octanol–water partition coefficient (Wildman–Crippen LogP) is 3.33. The lowest BCUT2D eigenvalue weighted by molar-refractivity contribution is -0.656. The smallest absolute Gasteiger partial charge is 0.307 e. The van der Waals surface area contributed by atoms with Crippen molar-refractivity contribution in [2.45, 2.75) is 71.2 Å². The summed E-state index contributed by atoms with van der Waals surface area (Å²) in [7, 11) is 0. The Morgan fingerprint density at radius 2 is 1.96 bits per heavy atom. The van der Waals surface area contributed by atoms with Gasteiger partial charge in [0.25, 0.3) is 0 Å². The van der Waals surface area contributed by atoms with Crippen LogP contribution in [0.5, 0.6) is 0 Å². The number of nitrogens with two attached hydrogens (primary N) is 1. The molecule has 3 aliphatic rings. The zero-order chi connectivity index (χ0) is 20.2. The minimum Gasteiger partial charge on any atom is -0.307 e. The predicted molar refractivity (Wildman–Crippen MR) is 114 cm³/mol. The summed E-state index contributed by atoms with van der Waals surface area (Å²) in [6.07, 6.45) is 4.68. The van der Waals surface area contributed by atoms with Gasteiger partial charge in [-0.05, 0) is 56.5 Å². The highest BCUT2D eigenvalue weighted by Gasteiger charge is 2.65. The summed E-state index contributed by atoms with van der Waals surface area (Å²) in [4.78, 5) is 20.4. The van der Waals surface area contributed by atoms with E-state index in [1.807, 2.05) is 30.0 Å². The van der Waals surface area contributed by atoms with Gasteiger partial charge < -0.3 is 4.90 Å². The Bertz CT molecular complexity index is 821. The number of hydrogen-bond donors (Lipinski definition) is 1. The number of anilines is 1.